The molecule has 0 aliphatic carbocycles. The van der Waals surface area contributed by atoms with E-state index in [-0.39, 0.29) is 18.4 Å². The fourth-order valence-corrected chi connectivity index (χ4v) is 4.38. The molecule has 2 aromatic heterocycles. The lowest BCUT2D eigenvalue weighted by Crippen LogP contribution is -2.32. The van der Waals surface area contributed by atoms with Crippen molar-refractivity contribution in [3.8, 4) is 0 Å². The third kappa shape index (κ3) is 5.52. The zero-order chi connectivity index (χ0) is 19.4. The minimum Gasteiger partial charge on any atom is -0.342 e. The minimum atomic E-state index is -0.331. The largest absolute Gasteiger partial charge is 0.342 e. The van der Waals surface area contributed by atoms with E-state index in [2.05, 4.69) is 15.6 Å². The van der Waals surface area contributed by atoms with Crippen molar-refractivity contribution < 1.29 is 9.59 Å². The number of hydrogen-bond donors (Lipinski definition) is 2. The summed E-state index contributed by atoms with van der Waals surface area (Å²) in [4.78, 5) is 30.8. The van der Waals surface area contributed by atoms with Crippen molar-refractivity contribution >= 4 is 62.8 Å². The first-order chi connectivity index (χ1) is 12.9. The highest BCUT2D eigenvalue weighted by molar-refractivity contribution is 7.15. The van der Waals surface area contributed by atoms with Crippen molar-refractivity contribution in [3.63, 3.8) is 0 Å². The zero-order valence-electron chi connectivity index (χ0n) is 14.2. The summed E-state index contributed by atoms with van der Waals surface area (Å²) in [6.07, 6.45) is 2.29. The molecule has 140 valence electrons. The van der Waals surface area contributed by atoms with E-state index in [9.17, 15) is 9.59 Å². The normalized spacial score (nSPS) is 10.6. The minimum absolute atomic E-state index is 0.117. The lowest BCUT2D eigenvalue weighted by atomic mass is 10.1. The van der Waals surface area contributed by atoms with Gasteiger partial charge in [0.05, 0.1) is 11.4 Å². The molecular formula is C18H15Cl2N3O2S2. The molecule has 2 amide bonds. The van der Waals surface area contributed by atoms with Gasteiger partial charge in [-0.1, -0.05) is 29.3 Å². The molecule has 0 aliphatic rings. The SMILES string of the molecule is Cc1ccc(C(=O)NCC(=O)Nc2ncc(Cc3ccc(Cl)cc3Cl)s2)s1. The molecule has 2 N–H and O–H groups in total. The highest BCUT2D eigenvalue weighted by atomic mass is 35.5. The van der Waals surface area contributed by atoms with E-state index in [0.717, 1.165) is 15.3 Å². The maximum absolute atomic E-state index is 12.0. The molecule has 0 saturated heterocycles. The van der Waals surface area contributed by atoms with Gasteiger partial charge in [-0.3, -0.25) is 9.59 Å². The maximum atomic E-state index is 12.0. The topological polar surface area (TPSA) is 71.1 Å². The summed E-state index contributed by atoms with van der Waals surface area (Å²) >= 11 is 14.8. The summed E-state index contributed by atoms with van der Waals surface area (Å²) in [6.45, 7) is 1.80. The summed E-state index contributed by atoms with van der Waals surface area (Å²) in [5.74, 6) is -0.595. The molecule has 0 aliphatic heterocycles. The van der Waals surface area contributed by atoms with Gasteiger partial charge >= 0.3 is 0 Å². The zero-order valence-corrected chi connectivity index (χ0v) is 17.4. The molecule has 0 bridgehead atoms. The molecular weight excluding hydrogens is 425 g/mol. The molecule has 3 rings (SSSR count). The van der Waals surface area contributed by atoms with E-state index in [1.54, 1.807) is 24.4 Å². The molecule has 0 saturated carbocycles. The van der Waals surface area contributed by atoms with Crippen molar-refractivity contribution in [2.24, 2.45) is 0 Å². The van der Waals surface area contributed by atoms with Gasteiger partial charge in [0.2, 0.25) is 5.91 Å². The molecule has 0 radical (unpaired) electrons. The monoisotopic (exact) mass is 439 g/mol. The van der Waals surface area contributed by atoms with Gasteiger partial charge < -0.3 is 10.6 Å². The number of halogens is 2. The number of carbonyl (C=O) groups is 2. The van der Waals surface area contributed by atoms with Crippen LogP contribution in [0.15, 0.2) is 36.5 Å². The number of aryl methyl sites for hydroxylation is 1. The molecule has 0 unspecified atom stereocenters. The van der Waals surface area contributed by atoms with Crippen LogP contribution in [-0.4, -0.2) is 23.3 Å². The Morgan fingerprint density at radius 1 is 1.15 bits per heavy atom. The van der Waals surface area contributed by atoms with Gasteiger partial charge in [-0.15, -0.1) is 22.7 Å². The molecule has 27 heavy (non-hydrogen) atoms. The molecule has 0 spiro atoms. The number of carbonyl (C=O) groups excluding carboxylic acids is 2. The third-order valence-electron chi connectivity index (χ3n) is 3.55. The van der Waals surface area contributed by atoms with Crippen LogP contribution in [0.2, 0.25) is 10.0 Å². The number of amides is 2. The van der Waals surface area contributed by atoms with Crippen molar-refractivity contribution in [2.75, 3.05) is 11.9 Å². The highest BCUT2D eigenvalue weighted by Gasteiger charge is 2.12. The van der Waals surface area contributed by atoms with Crippen LogP contribution in [0, 0.1) is 6.92 Å². The Bertz CT molecular complexity index is 985. The lowest BCUT2D eigenvalue weighted by Gasteiger charge is -2.04. The highest BCUT2D eigenvalue weighted by Crippen LogP contribution is 2.26. The van der Waals surface area contributed by atoms with E-state index in [4.69, 9.17) is 23.2 Å². The number of hydrogen-bond acceptors (Lipinski definition) is 5. The van der Waals surface area contributed by atoms with Crippen molar-refractivity contribution in [3.05, 3.63) is 66.8 Å². The summed E-state index contributed by atoms with van der Waals surface area (Å²) < 4.78 is 0. The Balaban J connectivity index is 1.52. The van der Waals surface area contributed by atoms with E-state index >= 15 is 0 Å². The molecule has 9 heteroatoms. The number of rotatable bonds is 6. The first-order valence-electron chi connectivity index (χ1n) is 7.94. The van der Waals surface area contributed by atoms with E-state index in [1.165, 1.54) is 22.7 Å². The summed E-state index contributed by atoms with van der Waals surface area (Å²) in [5.41, 5.74) is 0.932. The molecule has 0 atom stereocenters. The average Bonchev–Trinajstić information content (AvgIpc) is 3.24. The standard InChI is InChI=1S/C18H15Cl2N3O2S2/c1-10-2-5-15(26-10)17(25)21-9-16(24)23-18-22-8-13(27-18)6-11-3-4-12(19)7-14(11)20/h2-5,7-8H,6,9H2,1H3,(H,21,25)(H,22,23,24). The van der Waals surface area contributed by atoms with E-state index in [1.807, 2.05) is 19.1 Å². The van der Waals surface area contributed by atoms with Crippen LogP contribution in [0.4, 0.5) is 5.13 Å². The number of anilines is 1. The number of thiophene rings is 1. The number of benzene rings is 1. The van der Waals surface area contributed by atoms with Gasteiger partial charge in [-0.25, -0.2) is 4.98 Å². The smallest absolute Gasteiger partial charge is 0.261 e. The Hall–Kier alpha value is -1.93. The number of thiazole rings is 1. The summed E-state index contributed by atoms with van der Waals surface area (Å²) in [5, 5.41) is 6.93. The number of nitrogens with zero attached hydrogens (tertiary/aromatic N) is 1. The predicted octanol–water partition coefficient (Wildman–Crippen LogP) is 4.78. The summed E-state index contributed by atoms with van der Waals surface area (Å²) in [6, 6.07) is 8.95. The molecule has 0 fully saturated rings. The molecule has 2 heterocycles. The van der Waals surface area contributed by atoms with Crippen LogP contribution in [-0.2, 0) is 11.2 Å². The second-order valence-electron chi connectivity index (χ2n) is 5.69. The van der Waals surface area contributed by atoms with E-state index in [0.29, 0.717) is 26.5 Å². The molecule has 5 nitrogen and oxygen atoms in total. The maximum Gasteiger partial charge on any atom is 0.261 e. The first kappa shape index (κ1) is 19.8. The van der Waals surface area contributed by atoms with Crippen LogP contribution in [0.1, 0.15) is 25.0 Å². The predicted molar refractivity (Wildman–Crippen MR) is 111 cm³/mol. The Morgan fingerprint density at radius 3 is 2.67 bits per heavy atom. The van der Waals surface area contributed by atoms with Crippen molar-refractivity contribution in [2.45, 2.75) is 13.3 Å². The Labute approximate surface area is 174 Å². The van der Waals surface area contributed by atoms with Gasteiger partial charge in [0.1, 0.15) is 0 Å². The summed E-state index contributed by atoms with van der Waals surface area (Å²) in [7, 11) is 0. The van der Waals surface area contributed by atoms with Crippen LogP contribution in [0.25, 0.3) is 0 Å². The Morgan fingerprint density at radius 2 is 1.96 bits per heavy atom. The number of aromatic nitrogens is 1. The first-order valence-corrected chi connectivity index (χ1v) is 10.3. The van der Waals surface area contributed by atoms with Gasteiger partial charge in [-0.2, -0.15) is 0 Å². The van der Waals surface area contributed by atoms with Gasteiger partial charge in [0.15, 0.2) is 5.13 Å². The second kappa shape index (κ2) is 8.84. The van der Waals surface area contributed by atoms with E-state index < -0.39 is 0 Å². The van der Waals surface area contributed by atoms with Crippen molar-refractivity contribution in [1.82, 2.24) is 10.3 Å². The number of nitrogens with one attached hydrogen (secondary N) is 2. The van der Waals surface area contributed by atoms with Gasteiger partial charge in [-0.05, 0) is 36.8 Å². The van der Waals surface area contributed by atoms with Crippen LogP contribution >= 0.6 is 45.9 Å². The molecule has 3 aromatic rings. The average molecular weight is 440 g/mol. The van der Waals surface area contributed by atoms with Gasteiger partial charge in [0, 0.05) is 32.4 Å². The van der Waals surface area contributed by atoms with Crippen molar-refractivity contribution in [1.29, 1.82) is 0 Å². The lowest BCUT2D eigenvalue weighted by molar-refractivity contribution is -0.115. The third-order valence-corrected chi connectivity index (χ3v) is 6.05. The quantitative estimate of drug-likeness (QED) is 0.580. The van der Waals surface area contributed by atoms with Crippen LogP contribution in [0.5, 0.6) is 0 Å². The molecule has 1 aromatic carbocycles. The van der Waals surface area contributed by atoms with Crippen LogP contribution < -0.4 is 10.6 Å². The Kier molecular flexibility index (Phi) is 6.49. The fourth-order valence-electron chi connectivity index (χ4n) is 2.27. The van der Waals surface area contributed by atoms with Crippen LogP contribution in [0.3, 0.4) is 0 Å². The second-order valence-corrected chi connectivity index (χ2v) is 8.93. The fraction of sp³-hybridized carbons (Fsp3) is 0.167. The van der Waals surface area contributed by atoms with Gasteiger partial charge in [0.25, 0.3) is 5.91 Å².